The summed E-state index contributed by atoms with van der Waals surface area (Å²) in [6.45, 7) is 1.68. The Morgan fingerprint density at radius 2 is 2.00 bits per heavy atom. The van der Waals surface area contributed by atoms with E-state index in [1.165, 1.54) is 5.56 Å². The van der Waals surface area contributed by atoms with E-state index >= 15 is 0 Å². The lowest BCUT2D eigenvalue weighted by Gasteiger charge is -2.23. The predicted octanol–water partition coefficient (Wildman–Crippen LogP) is 3.17. The Kier molecular flexibility index (Phi) is 3.65. The number of hydrogen-bond donors (Lipinski definition) is 2. The van der Waals surface area contributed by atoms with Crippen LogP contribution >= 0.6 is 15.9 Å². The van der Waals surface area contributed by atoms with Gasteiger partial charge in [-0.25, -0.2) is 4.79 Å². The Morgan fingerprint density at radius 1 is 1.23 bits per heavy atom. The van der Waals surface area contributed by atoms with Gasteiger partial charge in [-0.05, 0) is 42.7 Å². The van der Waals surface area contributed by atoms with E-state index in [-0.39, 0.29) is 12.1 Å². The van der Waals surface area contributed by atoms with Gasteiger partial charge in [0.25, 0.3) is 0 Å². The molecule has 1 spiro atoms. The number of hydrogen-bond acceptors (Lipinski definition) is 2. The number of ether oxygens (including phenoxy) is 1. The Morgan fingerprint density at radius 3 is 2.77 bits per heavy atom. The van der Waals surface area contributed by atoms with Gasteiger partial charge in [0.2, 0.25) is 0 Å². The highest BCUT2D eigenvalue weighted by Crippen LogP contribution is 2.53. The lowest BCUT2D eigenvalue weighted by Crippen LogP contribution is -2.41. The van der Waals surface area contributed by atoms with E-state index in [9.17, 15) is 4.79 Å². The van der Waals surface area contributed by atoms with E-state index in [0.717, 1.165) is 43.4 Å². The van der Waals surface area contributed by atoms with Crippen LogP contribution in [0.15, 0.2) is 28.7 Å². The fourth-order valence-electron chi connectivity index (χ4n) is 3.72. The van der Waals surface area contributed by atoms with Crippen molar-refractivity contribution in [2.75, 3.05) is 13.2 Å². The number of rotatable bonds is 3. The molecule has 22 heavy (non-hydrogen) atoms. The van der Waals surface area contributed by atoms with Crippen LogP contribution in [0.5, 0.6) is 0 Å². The third kappa shape index (κ3) is 2.76. The fourth-order valence-corrected chi connectivity index (χ4v) is 4.30. The molecule has 118 valence electrons. The molecule has 1 unspecified atom stereocenters. The summed E-state index contributed by atoms with van der Waals surface area (Å²) < 4.78 is 6.55. The van der Waals surface area contributed by atoms with Gasteiger partial charge in [-0.1, -0.05) is 34.1 Å². The highest BCUT2D eigenvalue weighted by atomic mass is 79.9. The molecule has 2 N–H and O–H groups in total. The first-order valence-electron chi connectivity index (χ1n) is 8.07. The molecule has 2 saturated carbocycles. The van der Waals surface area contributed by atoms with Crippen molar-refractivity contribution in [3.05, 3.63) is 34.3 Å². The summed E-state index contributed by atoms with van der Waals surface area (Å²) >= 11 is 3.59. The highest BCUT2D eigenvalue weighted by molar-refractivity contribution is 9.10. The van der Waals surface area contributed by atoms with Gasteiger partial charge in [-0.3, -0.25) is 0 Å². The van der Waals surface area contributed by atoms with Gasteiger partial charge < -0.3 is 15.4 Å². The van der Waals surface area contributed by atoms with E-state index < -0.39 is 0 Å². The molecular weight excluding hydrogens is 344 g/mol. The highest BCUT2D eigenvalue weighted by Gasteiger charge is 2.55. The summed E-state index contributed by atoms with van der Waals surface area (Å²) in [4.78, 5) is 12.2. The minimum atomic E-state index is -0.00656. The average molecular weight is 365 g/mol. The van der Waals surface area contributed by atoms with Gasteiger partial charge in [-0.15, -0.1) is 0 Å². The second kappa shape index (κ2) is 5.53. The maximum absolute atomic E-state index is 12.2. The van der Waals surface area contributed by atoms with E-state index in [2.05, 4.69) is 44.8 Å². The predicted molar refractivity (Wildman–Crippen MR) is 87.8 cm³/mol. The second-order valence-electron chi connectivity index (χ2n) is 6.82. The maximum Gasteiger partial charge on any atom is 0.315 e. The van der Waals surface area contributed by atoms with E-state index in [4.69, 9.17) is 4.74 Å². The first kappa shape index (κ1) is 14.5. The van der Waals surface area contributed by atoms with Gasteiger partial charge in [0.1, 0.15) is 0 Å². The van der Waals surface area contributed by atoms with Crippen LogP contribution in [0.1, 0.15) is 37.2 Å². The molecule has 4 rings (SSSR count). The number of amides is 2. The normalized spacial score (nSPS) is 31.6. The quantitative estimate of drug-likeness (QED) is 0.865. The van der Waals surface area contributed by atoms with Crippen LogP contribution in [-0.4, -0.2) is 31.3 Å². The second-order valence-corrected chi connectivity index (χ2v) is 7.67. The molecule has 0 radical (unpaired) electrons. The summed E-state index contributed by atoms with van der Waals surface area (Å²) in [6.07, 6.45) is 4.31. The van der Waals surface area contributed by atoms with E-state index in [1.54, 1.807) is 0 Å². The van der Waals surface area contributed by atoms with Crippen LogP contribution in [0.2, 0.25) is 0 Å². The first-order valence-corrected chi connectivity index (χ1v) is 8.86. The topological polar surface area (TPSA) is 50.4 Å². The number of nitrogens with one attached hydrogen (secondary N) is 2. The van der Waals surface area contributed by atoms with Gasteiger partial charge >= 0.3 is 6.03 Å². The molecule has 1 saturated heterocycles. The van der Waals surface area contributed by atoms with Crippen LogP contribution in [0.3, 0.4) is 0 Å². The maximum atomic E-state index is 12.2. The molecular formula is C17H21BrN2O2. The smallest absolute Gasteiger partial charge is 0.315 e. The molecule has 2 amide bonds. The van der Waals surface area contributed by atoms with Gasteiger partial charge in [0.05, 0.1) is 0 Å². The van der Waals surface area contributed by atoms with Gasteiger partial charge in [-0.2, -0.15) is 0 Å². The summed E-state index contributed by atoms with van der Waals surface area (Å²) in [6, 6.07) is 8.86. The third-order valence-electron chi connectivity index (χ3n) is 5.40. The molecule has 1 aromatic carbocycles. The minimum absolute atomic E-state index is 0.00656. The van der Waals surface area contributed by atoms with Crippen LogP contribution in [0.4, 0.5) is 4.79 Å². The number of benzene rings is 1. The van der Waals surface area contributed by atoms with Crippen LogP contribution < -0.4 is 10.6 Å². The molecule has 2 aliphatic carbocycles. The summed E-state index contributed by atoms with van der Waals surface area (Å²) in [5.74, 6) is 0.442. The lowest BCUT2D eigenvalue weighted by molar-refractivity contribution is 0.0547. The minimum Gasteiger partial charge on any atom is -0.381 e. The summed E-state index contributed by atoms with van der Waals surface area (Å²) in [5.41, 5.74) is 1.63. The zero-order chi connectivity index (χ0) is 15.2. The van der Waals surface area contributed by atoms with Crippen molar-refractivity contribution < 1.29 is 9.53 Å². The first-order chi connectivity index (χ1) is 10.7. The van der Waals surface area contributed by atoms with Crippen LogP contribution in [0.25, 0.3) is 0 Å². The monoisotopic (exact) mass is 364 g/mol. The Bertz CT molecular complexity index is 586. The van der Waals surface area contributed by atoms with Crippen LogP contribution in [-0.2, 0) is 4.74 Å². The Balaban J connectivity index is 1.27. The third-order valence-corrected chi connectivity index (χ3v) is 6.12. The molecule has 4 nitrogen and oxygen atoms in total. The molecule has 3 fully saturated rings. The van der Waals surface area contributed by atoms with Crippen molar-refractivity contribution in [2.45, 2.75) is 43.7 Å². The van der Waals surface area contributed by atoms with Crippen LogP contribution in [0, 0.1) is 5.41 Å². The standard InChI is InChI=1S/C17H21BrN2O2/c18-13-4-2-1-3-11(13)12-9-14(12)19-16(21)20-15-10-17(15)5-7-22-8-6-17/h1-4,12,14-15H,5-10H2,(H2,19,20,21)/t12-,14+,15?/m0/s1. The van der Waals surface area contributed by atoms with Gasteiger partial charge in [0.15, 0.2) is 0 Å². The lowest BCUT2D eigenvalue weighted by atomic mass is 9.96. The van der Waals surface area contributed by atoms with Crippen molar-refractivity contribution >= 4 is 22.0 Å². The molecule has 0 aromatic heterocycles. The number of carbonyl (C=O) groups is 1. The summed E-state index contributed by atoms with van der Waals surface area (Å²) in [5, 5.41) is 6.28. The zero-order valence-corrected chi connectivity index (χ0v) is 14.1. The Labute approximate surface area is 139 Å². The number of carbonyl (C=O) groups excluding carboxylic acids is 1. The van der Waals surface area contributed by atoms with Crippen molar-refractivity contribution in [1.29, 1.82) is 0 Å². The SMILES string of the molecule is O=C(NC1CC12CCOCC2)N[C@@H]1C[C@H]1c1ccccc1Br. The van der Waals surface area contributed by atoms with Crippen molar-refractivity contribution in [1.82, 2.24) is 10.6 Å². The average Bonchev–Trinajstić information content (AvgIpc) is 3.40. The molecule has 5 heteroatoms. The van der Waals surface area contributed by atoms with E-state index in [1.807, 2.05) is 6.07 Å². The molecule has 1 aliphatic heterocycles. The van der Waals surface area contributed by atoms with E-state index in [0.29, 0.717) is 17.4 Å². The molecule has 3 aliphatic rings. The largest absolute Gasteiger partial charge is 0.381 e. The molecule has 0 bridgehead atoms. The van der Waals surface area contributed by atoms with Gasteiger partial charge in [0, 0.05) is 35.7 Å². The Hall–Kier alpha value is -1.07. The molecule has 1 heterocycles. The van der Waals surface area contributed by atoms with Crippen molar-refractivity contribution in [3.8, 4) is 0 Å². The van der Waals surface area contributed by atoms with Crippen molar-refractivity contribution in [3.63, 3.8) is 0 Å². The zero-order valence-electron chi connectivity index (χ0n) is 12.5. The fraction of sp³-hybridized carbons (Fsp3) is 0.588. The molecule has 3 atom stereocenters. The van der Waals surface area contributed by atoms with Crippen molar-refractivity contribution in [2.24, 2.45) is 5.41 Å². The molecule has 1 aromatic rings. The number of halogens is 1. The summed E-state index contributed by atoms with van der Waals surface area (Å²) in [7, 11) is 0. The number of urea groups is 1.